The van der Waals surface area contributed by atoms with E-state index in [1.807, 2.05) is 62.4 Å². The molecule has 2 aromatic carbocycles. The minimum absolute atomic E-state index is 0.149. The normalized spacial score (nSPS) is 10.8. The maximum Gasteiger partial charge on any atom is 0.311 e. The third-order valence-corrected chi connectivity index (χ3v) is 3.04. The zero-order chi connectivity index (χ0) is 17.8. The fraction of sp³-hybridized carbons (Fsp3) is 0.300. The van der Waals surface area contributed by atoms with E-state index in [0.717, 1.165) is 12.0 Å². The molecule has 4 heteroatoms. The average Bonchev–Trinajstić information content (AvgIpc) is 2.57. The molecule has 2 aromatic rings. The van der Waals surface area contributed by atoms with Crippen LogP contribution in [0.2, 0.25) is 0 Å². The Morgan fingerprint density at radius 2 is 1.50 bits per heavy atom. The van der Waals surface area contributed by atoms with Crippen molar-refractivity contribution in [1.29, 1.82) is 0 Å². The highest BCUT2D eigenvalue weighted by Gasteiger charge is 2.06. The molecule has 24 heavy (non-hydrogen) atoms. The van der Waals surface area contributed by atoms with E-state index in [4.69, 9.17) is 9.47 Å². The van der Waals surface area contributed by atoms with Gasteiger partial charge in [-0.3, -0.25) is 9.59 Å². The largest absolute Gasteiger partial charge is 0.458 e. The van der Waals surface area contributed by atoms with E-state index in [1.54, 1.807) is 12.1 Å². The molecule has 0 spiro atoms. The zero-order valence-corrected chi connectivity index (χ0v) is 14.4. The molecule has 0 bridgehead atoms. The lowest BCUT2D eigenvalue weighted by molar-refractivity contribution is -0.145. The predicted molar refractivity (Wildman–Crippen MR) is 93.6 cm³/mol. The highest BCUT2D eigenvalue weighted by molar-refractivity contribution is 5.72. The maximum absolute atomic E-state index is 11.0. The van der Waals surface area contributed by atoms with E-state index in [0.29, 0.717) is 12.2 Å². The summed E-state index contributed by atoms with van der Waals surface area (Å²) in [5.74, 6) is 0.214. The Kier molecular flexibility index (Phi) is 8.90. The number of hydrogen-bond donors (Lipinski definition) is 0. The van der Waals surface area contributed by atoms with Crippen molar-refractivity contribution >= 4 is 11.9 Å². The average molecular weight is 328 g/mol. The van der Waals surface area contributed by atoms with Gasteiger partial charge in [-0.25, -0.2) is 0 Å². The van der Waals surface area contributed by atoms with Gasteiger partial charge in [-0.1, -0.05) is 55.5 Å². The lowest BCUT2D eigenvalue weighted by atomic mass is 10.1. The Labute approximate surface area is 143 Å². The first-order valence-corrected chi connectivity index (χ1v) is 8.00. The van der Waals surface area contributed by atoms with Gasteiger partial charge in [0.25, 0.3) is 0 Å². The van der Waals surface area contributed by atoms with Gasteiger partial charge in [-0.05, 0) is 31.0 Å². The number of carbonyl (C=O) groups is 2. The summed E-state index contributed by atoms with van der Waals surface area (Å²) >= 11 is 0. The summed E-state index contributed by atoms with van der Waals surface area (Å²) in [7, 11) is 0. The maximum atomic E-state index is 11.0. The molecule has 2 rings (SSSR count). The van der Waals surface area contributed by atoms with Crippen LogP contribution in [-0.2, 0) is 14.3 Å². The smallest absolute Gasteiger partial charge is 0.311 e. The second kappa shape index (κ2) is 11.0. The molecule has 1 unspecified atom stereocenters. The van der Waals surface area contributed by atoms with Crippen LogP contribution in [0.4, 0.5) is 0 Å². The van der Waals surface area contributed by atoms with E-state index in [-0.39, 0.29) is 18.0 Å². The zero-order valence-electron chi connectivity index (χ0n) is 14.4. The van der Waals surface area contributed by atoms with Gasteiger partial charge in [0.05, 0.1) is 0 Å². The van der Waals surface area contributed by atoms with Gasteiger partial charge in [0.2, 0.25) is 0 Å². The molecule has 0 aromatic heterocycles. The summed E-state index contributed by atoms with van der Waals surface area (Å²) in [5, 5.41) is 0. The Hall–Kier alpha value is -2.62. The van der Waals surface area contributed by atoms with E-state index in [1.165, 1.54) is 6.92 Å². The number of esters is 2. The van der Waals surface area contributed by atoms with Crippen LogP contribution in [0.5, 0.6) is 5.75 Å². The van der Waals surface area contributed by atoms with Crippen LogP contribution < -0.4 is 4.74 Å². The summed E-state index contributed by atoms with van der Waals surface area (Å²) in [4.78, 5) is 21.6. The quantitative estimate of drug-likeness (QED) is 0.589. The Morgan fingerprint density at radius 3 is 2.00 bits per heavy atom. The lowest BCUT2D eigenvalue weighted by Gasteiger charge is -2.11. The van der Waals surface area contributed by atoms with Gasteiger partial charge >= 0.3 is 11.9 Å². The van der Waals surface area contributed by atoms with Crippen LogP contribution in [0.15, 0.2) is 60.7 Å². The molecule has 0 N–H and O–H groups in total. The van der Waals surface area contributed by atoms with Crippen molar-refractivity contribution in [2.45, 2.75) is 39.7 Å². The van der Waals surface area contributed by atoms with Crippen molar-refractivity contribution in [3.05, 3.63) is 66.2 Å². The molecule has 0 aliphatic heterocycles. The number of hydrogen-bond acceptors (Lipinski definition) is 4. The SMILES string of the molecule is CC(=O)OC(C)c1ccccc1.CCCC(=O)Oc1ccccc1. The molecule has 0 fully saturated rings. The van der Waals surface area contributed by atoms with E-state index >= 15 is 0 Å². The van der Waals surface area contributed by atoms with Gasteiger partial charge in [0.1, 0.15) is 11.9 Å². The molecule has 0 saturated heterocycles. The van der Waals surface area contributed by atoms with Crippen LogP contribution in [-0.4, -0.2) is 11.9 Å². The number of para-hydroxylation sites is 1. The second-order valence-electron chi connectivity index (χ2n) is 5.20. The molecule has 0 heterocycles. The highest BCUT2D eigenvalue weighted by Crippen LogP contribution is 2.15. The van der Waals surface area contributed by atoms with Crippen LogP contribution in [0, 0.1) is 0 Å². The van der Waals surface area contributed by atoms with Crippen molar-refractivity contribution in [2.24, 2.45) is 0 Å². The van der Waals surface area contributed by atoms with E-state index in [2.05, 4.69) is 0 Å². The fourth-order valence-corrected chi connectivity index (χ4v) is 1.92. The van der Waals surface area contributed by atoms with Crippen molar-refractivity contribution < 1.29 is 19.1 Å². The Balaban J connectivity index is 0.000000240. The fourth-order valence-electron chi connectivity index (χ4n) is 1.92. The molecule has 128 valence electrons. The van der Waals surface area contributed by atoms with E-state index in [9.17, 15) is 9.59 Å². The topological polar surface area (TPSA) is 52.6 Å². The van der Waals surface area contributed by atoms with Gasteiger partial charge in [0.15, 0.2) is 0 Å². The Morgan fingerprint density at radius 1 is 0.958 bits per heavy atom. The van der Waals surface area contributed by atoms with Crippen molar-refractivity contribution in [3.8, 4) is 5.75 Å². The third-order valence-electron chi connectivity index (χ3n) is 3.04. The number of ether oxygens (including phenoxy) is 2. The summed E-state index contributed by atoms with van der Waals surface area (Å²) in [6.45, 7) is 5.22. The molecule has 0 aliphatic carbocycles. The van der Waals surface area contributed by atoms with Gasteiger partial charge in [-0.2, -0.15) is 0 Å². The lowest BCUT2D eigenvalue weighted by Crippen LogP contribution is -2.06. The standard InChI is InChI=1S/2C10H12O2/c1-8(12-9(2)11)10-6-4-3-5-7-10;1-2-6-10(11)12-9-7-4-3-5-8-9/h3-8H,1-2H3;3-5,7-8H,2,6H2,1H3. The highest BCUT2D eigenvalue weighted by atomic mass is 16.5. The minimum Gasteiger partial charge on any atom is -0.458 e. The molecule has 0 amide bonds. The van der Waals surface area contributed by atoms with Crippen LogP contribution in [0.3, 0.4) is 0 Å². The first kappa shape index (κ1) is 19.4. The first-order valence-electron chi connectivity index (χ1n) is 8.00. The van der Waals surface area contributed by atoms with Crippen LogP contribution in [0.25, 0.3) is 0 Å². The van der Waals surface area contributed by atoms with Gasteiger partial charge in [0, 0.05) is 13.3 Å². The molecule has 0 aliphatic rings. The van der Waals surface area contributed by atoms with Crippen LogP contribution in [0.1, 0.15) is 45.3 Å². The number of carbonyl (C=O) groups excluding carboxylic acids is 2. The summed E-state index contributed by atoms with van der Waals surface area (Å²) < 4.78 is 10.0. The molecule has 4 nitrogen and oxygen atoms in total. The molecule has 1 atom stereocenters. The summed E-state index contributed by atoms with van der Waals surface area (Å²) in [6, 6.07) is 18.8. The number of benzene rings is 2. The van der Waals surface area contributed by atoms with Crippen molar-refractivity contribution in [2.75, 3.05) is 0 Å². The molecular weight excluding hydrogens is 304 g/mol. The predicted octanol–water partition coefficient (Wildman–Crippen LogP) is 4.70. The number of rotatable bonds is 5. The molecule has 0 saturated carbocycles. The van der Waals surface area contributed by atoms with Crippen LogP contribution >= 0.6 is 0 Å². The molecule has 0 radical (unpaired) electrons. The van der Waals surface area contributed by atoms with Crippen molar-refractivity contribution in [3.63, 3.8) is 0 Å². The van der Waals surface area contributed by atoms with Gasteiger partial charge < -0.3 is 9.47 Å². The van der Waals surface area contributed by atoms with Gasteiger partial charge in [-0.15, -0.1) is 0 Å². The first-order chi connectivity index (χ1) is 11.5. The monoisotopic (exact) mass is 328 g/mol. The minimum atomic E-state index is -0.244. The van der Waals surface area contributed by atoms with E-state index < -0.39 is 0 Å². The van der Waals surface area contributed by atoms with Crippen molar-refractivity contribution in [1.82, 2.24) is 0 Å². The Bertz CT molecular complexity index is 608. The second-order valence-corrected chi connectivity index (χ2v) is 5.20. The molecular formula is C20H24O4. The summed E-state index contributed by atoms with van der Waals surface area (Å²) in [5.41, 5.74) is 1.02. The third kappa shape index (κ3) is 8.13. The summed E-state index contributed by atoms with van der Waals surface area (Å²) in [6.07, 6.45) is 1.16.